The normalized spacial score (nSPS) is 13.0. The van der Waals surface area contributed by atoms with E-state index in [0.717, 1.165) is 13.1 Å². The zero-order chi connectivity index (χ0) is 15.4. The first-order valence-electron chi connectivity index (χ1n) is 7.56. The molecule has 0 atom stereocenters. The Kier molecular flexibility index (Phi) is 4.24. The van der Waals surface area contributed by atoms with Crippen LogP contribution in [0.3, 0.4) is 0 Å². The molecule has 1 heterocycles. The second-order valence-corrected chi connectivity index (χ2v) is 5.51. The van der Waals surface area contributed by atoms with Crippen LogP contribution in [-0.4, -0.2) is 17.6 Å². The standard InChI is InChI=1S/C19H19NO2/c21-19(22)10-5-13-20-14-17-8-2-1-6-15(17)11-12-16-7-3-4-9-18(16)20/h1-4,6-9,11-12H,5,10,13-14H2,(H,21,22). The summed E-state index contributed by atoms with van der Waals surface area (Å²) in [5, 5.41) is 8.87. The highest BCUT2D eigenvalue weighted by Crippen LogP contribution is 2.28. The molecule has 0 spiro atoms. The SMILES string of the molecule is O=C(O)CCCN1Cc2ccccc2C=Cc2ccccc21. The van der Waals surface area contributed by atoms with Crippen molar-refractivity contribution in [2.75, 3.05) is 11.4 Å². The zero-order valence-electron chi connectivity index (χ0n) is 12.4. The molecule has 1 N–H and O–H groups in total. The highest BCUT2D eigenvalue weighted by molar-refractivity contribution is 5.79. The van der Waals surface area contributed by atoms with Gasteiger partial charge in [-0.15, -0.1) is 0 Å². The van der Waals surface area contributed by atoms with Gasteiger partial charge in [0.25, 0.3) is 0 Å². The molecule has 2 aromatic carbocycles. The number of aliphatic carboxylic acids is 1. The molecule has 0 fully saturated rings. The van der Waals surface area contributed by atoms with E-state index in [0.29, 0.717) is 6.42 Å². The minimum atomic E-state index is -0.736. The molecule has 1 aliphatic heterocycles. The molecule has 0 radical (unpaired) electrons. The largest absolute Gasteiger partial charge is 0.481 e. The second-order valence-electron chi connectivity index (χ2n) is 5.51. The third-order valence-electron chi connectivity index (χ3n) is 3.95. The van der Waals surface area contributed by atoms with Crippen LogP contribution in [0.4, 0.5) is 5.69 Å². The molecule has 0 aromatic heterocycles. The lowest BCUT2D eigenvalue weighted by molar-refractivity contribution is -0.137. The highest BCUT2D eigenvalue weighted by atomic mass is 16.4. The molecular formula is C19H19NO2. The summed E-state index contributed by atoms with van der Waals surface area (Å²) < 4.78 is 0. The molecule has 3 heteroatoms. The van der Waals surface area contributed by atoms with Crippen molar-refractivity contribution in [1.29, 1.82) is 0 Å². The summed E-state index contributed by atoms with van der Waals surface area (Å²) in [5.41, 5.74) is 4.83. The van der Waals surface area contributed by atoms with Crippen LogP contribution >= 0.6 is 0 Å². The summed E-state index contributed by atoms with van der Waals surface area (Å²) in [6.07, 6.45) is 5.14. The van der Waals surface area contributed by atoms with Crippen LogP contribution in [0.5, 0.6) is 0 Å². The Morgan fingerprint density at radius 1 is 1.00 bits per heavy atom. The lowest BCUT2D eigenvalue weighted by Crippen LogP contribution is -2.26. The van der Waals surface area contributed by atoms with Gasteiger partial charge < -0.3 is 10.0 Å². The van der Waals surface area contributed by atoms with Crippen molar-refractivity contribution in [2.45, 2.75) is 19.4 Å². The fourth-order valence-electron chi connectivity index (χ4n) is 2.85. The Bertz CT molecular complexity index is 706. The van der Waals surface area contributed by atoms with Crippen LogP contribution in [0.1, 0.15) is 29.5 Å². The van der Waals surface area contributed by atoms with Crippen molar-refractivity contribution in [3.05, 3.63) is 65.2 Å². The molecule has 0 amide bonds. The van der Waals surface area contributed by atoms with Crippen molar-refractivity contribution < 1.29 is 9.90 Å². The average molecular weight is 293 g/mol. The smallest absolute Gasteiger partial charge is 0.303 e. The van der Waals surface area contributed by atoms with Crippen LogP contribution in [0, 0.1) is 0 Å². The van der Waals surface area contributed by atoms with E-state index in [1.54, 1.807) is 0 Å². The number of hydrogen-bond donors (Lipinski definition) is 1. The van der Waals surface area contributed by atoms with Gasteiger partial charge in [-0.05, 0) is 29.2 Å². The number of rotatable bonds is 4. The molecule has 3 rings (SSSR count). The molecule has 0 aliphatic carbocycles. The Morgan fingerprint density at radius 3 is 2.50 bits per heavy atom. The molecule has 112 valence electrons. The Morgan fingerprint density at radius 2 is 1.68 bits per heavy atom. The number of para-hydroxylation sites is 1. The predicted octanol–water partition coefficient (Wildman–Crippen LogP) is 4.04. The third-order valence-corrected chi connectivity index (χ3v) is 3.95. The van der Waals surface area contributed by atoms with Gasteiger partial charge in [-0.1, -0.05) is 54.6 Å². The topological polar surface area (TPSA) is 40.5 Å². The highest BCUT2D eigenvalue weighted by Gasteiger charge is 2.14. The van der Waals surface area contributed by atoms with Gasteiger partial charge >= 0.3 is 5.97 Å². The zero-order valence-corrected chi connectivity index (χ0v) is 12.4. The van der Waals surface area contributed by atoms with Gasteiger partial charge in [0.15, 0.2) is 0 Å². The number of carboxylic acid groups (broad SMARTS) is 1. The van der Waals surface area contributed by atoms with E-state index >= 15 is 0 Å². The van der Waals surface area contributed by atoms with Gasteiger partial charge in [-0.3, -0.25) is 4.79 Å². The average Bonchev–Trinajstić information content (AvgIpc) is 2.51. The van der Waals surface area contributed by atoms with Gasteiger partial charge in [0.1, 0.15) is 0 Å². The van der Waals surface area contributed by atoms with Crippen molar-refractivity contribution in [2.24, 2.45) is 0 Å². The second kappa shape index (κ2) is 6.48. The molecule has 3 nitrogen and oxygen atoms in total. The van der Waals surface area contributed by atoms with E-state index in [2.05, 4.69) is 47.4 Å². The van der Waals surface area contributed by atoms with Gasteiger partial charge in [0, 0.05) is 25.2 Å². The fraction of sp³-hybridized carbons (Fsp3) is 0.211. The third kappa shape index (κ3) is 3.19. The molecule has 0 saturated carbocycles. The first-order chi connectivity index (χ1) is 10.7. The van der Waals surface area contributed by atoms with E-state index < -0.39 is 5.97 Å². The molecule has 2 aromatic rings. The van der Waals surface area contributed by atoms with Crippen molar-refractivity contribution in [3.63, 3.8) is 0 Å². The van der Waals surface area contributed by atoms with Gasteiger partial charge in [-0.2, -0.15) is 0 Å². The minimum absolute atomic E-state index is 0.205. The maximum absolute atomic E-state index is 10.8. The number of anilines is 1. The summed E-state index contributed by atoms with van der Waals surface area (Å²) in [5.74, 6) is -0.736. The van der Waals surface area contributed by atoms with Crippen molar-refractivity contribution in [3.8, 4) is 0 Å². The van der Waals surface area contributed by atoms with Crippen LogP contribution in [0.25, 0.3) is 12.2 Å². The van der Waals surface area contributed by atoms with Crippen molar-refractivity contribution in [1.82, 2.24) is 0 Å². The van der Waals surface area contributed by atoms with Gasteiger partial charge in [-0.25, -0.2) is 0 Å². The van der Waals surface area contributed by atoms with Crippen molar-refractivity contribution >= 4 is 23.8 Å². The monoisotopic (exact) mass is 293 g/mol. The number of hydrogen-bond acceptors (Lipinski definition) is 2. The van der Waals surface area contributed by atoms with Crippen LogP contribution in [0.2, 0.25) is 0 Å². The Hall–Kier alpha value is -2.55. The molecule has 0 saturated heterocycles. The molecule has 0 bridgehead atoms. The number of nitrogens with zero attached hydrogens (tertiary/aromatic N) is 1. The quantitative estimate of drug-likeness (QED) is 0.924. The summed E-state index contributed by atoms with van der Waals surface area (Å²) in [7, 11) is 0. The summed E-state index contributed by atoms with van der Waals surface area (Å²) >= 11 is 0. The Labute approximate surface area is 130 Å². The number of benzene rings is 2. The molecule has 22 heavy (non-hydrogen) atoms. The Balaban J connectivity index is 1.94. The summed E-state index contributed by atoms with van der Waals surface area (Å²) in [6, 6.07) is 16.6. The van der Waals surface area contributed by atoms with E-state index in [9.17, 15) is 4.79 Å². The minimum Gasteiger partial charge on any atom is -0.481 e. The number of fused-ring (bicyclic) bond motifs is 2. The van der Waals surface area contributed by atoms with Gasteiger partial charge in [0.05, 0.1) is 0 Å². The first kappa shape index (κ1) is 14.4. The van der Waals surface area contributed by atoms with E-state index in [1.165, 1.54) is 22.4 Å². The van der Waals surface area contributed by atoms with E-state index in [-0.39, 0.29) is 6.42 Å². The first-order valence-corrected chi connectivity index (χ1v) is 7.56. The molecular weight excluding hydrogens is 274 g/mol. The van der Waals surface area contributed by atoms with Crippen LogP contribution in [0.15, 0.2) is 48.5 Å². The number of carbonyl (C=O) groups is 1. The van der Waals surface area contributed by atoms with Crippen LogP contribution < -0.4 is 4.90 Å². The summed E-state index contributed by atoms with van der Waals surface area (Å²) in [4.78, 5) is 13.1. The predicted molar refractivity (Wildman–Crippen MR) is 89.7 cm³/mol. The van der Waals surface area contributed by atoms with Gasteiger partial charge in [0.2, 0.25) is 0 Å². The van der Waals surface area contributed by atoms with E-state index in [1.807, 2.05) is 18.2 Å². The fourth-order valence-corrected chi connectivity index (χ4v) is 2.85. The lowest BCUT2D eigenvalue weighted by Gasteiger charge is -2.28. The number of carboxylic acids is 1. The lowest BCUT2D eigenvalue weighted by atomic mass is 10.0. The molecule has 1 aliphatic rings. The maximum atomic E-state index is 10.8. The van der Waals surface area contributed by atoms with Crippen LogP contribution in [-0.2, 0) is 11.3 Å². The maximum Gasteiger partial charge on any atom is 0.303 e. The summed E-state index contributed by atoms with van der Waals surface area (Å²) in [6.45, 7) is 1.54. The molecule has 0 unspecified atom stereocenters. The van der Waals surface area contributed by atoms with E-state index in [4.69, 9.17) is 5.11 Å².